The van der Waals surface area contributed by atoms with E-state index in [1.54, 1.807) is 23.0 Å². The summed E-state index contributed by atoms with van der Waals surface area (Å²) in [5.74, 6) is -0.00779. The Balaban J connectivity index is 1.57. The molecule has 28 heavy (non-hydrogen) atoms. The van der Waals surface area contributed by atoms with Crippen LogP contribution in [-0.2, 0) is 22.6 Å². The standard InChI is InChI=1S/C22H24ClN3O2/c1-15(2)12-17-4-6-18(7-5-17)16(3)22(27)28-14-20-13-26(25-24-20)21-10-8-19(23)9-11-21/h4-11,13,15-16H,12,14H2,1-3H3. The summed E-state index contributed by atoms with van der Waals surface area (Å²) >= 11 is 5.90. The molecular weight excluding hydrogens is 374 g/mol. The molecule has 1 unspecified atom stereocenters. The van der Waals surface area contributed by atoms with Crippen LogP contribution in [0.5, 0.6) is 0 Å². The lowest BCUT2D eigenvalue weighted by Gasteiger charge is -2.12. The highest BCUT2D eigenvalue weighted by atomic mass is 35.5. The number of aromatic nitrogens is 3. The highest BCUT2D eigenvalue weighted by Crippen LogP contribution is 2.19. The fourth-order valence-corrected chi connectivity index (χ4v) is 3.03. The average Bonchev–Trinajstić information content (AvgIpc) is 3.15. The molecule has 0 radical (unpaired) electrons. The van der Waals surface area contributed by atoms with E-state index in [-0.39, 0.29) is 18.5 Å². The van der Waals surface area contributed by atoms with E-state index in [9.17, 15) is 4.79 Å². The quantitative estimate of drug-likeness (QED) is 0.528. The van der Waals surface area contributed by atoms with Gasteiger partial charge in [-0.05, 0) is 54.7 Å². The fourth-order valence-electron chi connectivity index (χ4n) is 2.90. The molecule has 1 atom stereocenters. The molecule has 0 fully saturated rings. The molecule has 2 aromatic carbocycles. The van der Waals surface area contributed by atoms with Crippen molar-refractivity contribution in [2.45, 2.75) is 39.7 Å². The normalized spacial score (nSPS) is 12.2. The maximum absolute atomic E-state index is 12.4. The van der Waals surface area contributed by atoms with E-state index in [0.717, 1.165) is 17.7 Å². The number of rotatable bonds is 7. The van der Waals surface area contributed by atoms with Crippen LogP contribution in [0.25, 0.3) is 5.69 Å². The van der Waals surface area contributed by atoms with E-state index < -0.39 is 0 Å². The van der Waals surface area contributed by atoms with Gasteiger partial charge < -0.3 is 4.74 Å². The van der Waals surface area contributed by atoms with Crippen molar-refractivity contribution in [2.75, 3.05) is 0 Å². The van der Waals surface area contributed by atoms with E-state index in [4.69, 9.17) is 16.3 Å². The van der Waals surface area contributed by atoms with Crippen LogP contribution in [-0.4, -0.2) is 21.0 Å². The minimum Gasteiger partial charge on any atom is -0.459 e. The van der Waals surface area contributed by atoms with Crippen LogP contribution in [0.1, 0.15) is 43.5 Å². The van der Waals surface area contributed by atoms with Gasteiger partial charge in [0.1, 0.15) is 12.3 Å². The van der Waals surface area contributed by atoms with Gasteiger partial charge in [0.2, 0.25) is 0 Å². The van der Waals surface area contributed by atoms with Crippen LogP contribution in [0.15, 0.2) is 54.7 Å². The Labute approximate surface area is 170 Å². The molecule has 146 valence electrons. The topological polar surface area (TPSA) is 57.0 Å². The van der Waals surface area contributed by atoms with Gasteiger partial charge in [0, 0.05) is 5.02 Å². The molecule has 5 nitrogen and oxygen atoms in total. The van der Waals surface area contributed by atoms with E-state index in [0.29, 0.717) is 16.6 Å². The van der Waals surface area contributed by atoms with Crippen molar-refractivity contribution >= 4 is 17.6 Å². The van der Waals surface area contributed by atoms with Crippen molar-refractivity contribution in [3.05, 3.63) is 76.6 Å². The Morgan fingerprint density at radius 3 is 2.39 bits per heavy atom. The van der Waals surface area contributed by atoms with Gasteiger partial charge in [-0.25, -0.2) is 4.68 Å². The van der Waals surface area contributed by atoms with E-state index in [2.05, 4.69) is 36.3 Å². The summed E-state index contributed by atoms with van der Waals surface area (Å²) < 4.78 is 7.05. The lowest BCUT2D eigenvalue weighted by molar-refractivity contribution is -0.146. The molecule has 6 heteroatoms. The zero-order valence-electron chi connectivity index (χ0n) is 16.3. The minimum absolute atomic E-state index is 0.0855. The van der Waals surface area contributed by atoms with Gasteiger partial charge in [-0.2, -0.15) is 0 Å². The minimum atomic E-state index is -0.334. The number of hydrogen-bond donors (Lipinski definition) is 0. The van der Waals surface area contributed by atoms with Gasteiger partial charge in [-0.3, -0.25) is 4.79 Å². The summed E-state index contributed by atoms with van der Waals surface area (Å²) in [7, 11) is 0. The smallest absolute Gasteiger partial charge is 0.313 e. The van der Waals surface area contributed by atoms with Gasteiger partial charge in [0.25, 0.3) is 0 Å². The van der Waals surface area contributed by atoms with Gasteiger partial charge in [-0.15, -0.1) is 5.10 Å². The second kappa shape index (κ2) is 9.02. The molecule has 0 aliphatic carbocycles. The molecule has 0 saturated carbocycles. The molecule has 0 amide bonds. The molecule has 0 saturated heterocycles. The summed E-state index contributed by atoms with van der Waals surface area (Å²) in [5.41, 5.74) is 3.65. The van der Waals surface area contributed by atoms with Crippen molar-refractivity contribution in [1.82, 2.24) is 15.0 Å². The number of benzene rings is 2. The van der Waals surface area contributed by atoms with Crippen molar-refractivity contribution < 1.29 is 9.53 Å². The van der Waals surface area contributed by atoms with Crippen LogP contribution in [0.4, 0.5) is 0 Å². The zero-order valence-corrected chi connectivity index (χ0v) is 17.1. The van der Waals surface area contributed by atoms with Gasteiger partial charge >= 0.3 is 5.97 Å². The first-order chi connectivity index (χ1) is 13.4. The second-order valence-electron chi connectivity index (χ2n) is 7.30. The molecule has 3 rings (SSSR count). The molecule has 3 aromatic rings. The predicted octanol–water partition coefficient (Wildman–Crippen LogP) is 4.97. The molecule has 1 heterocycles. The zero-order chi connectivity index (χ0) is 20.1. The third-order valence-corrected chi connectivity index (χ3v) is 4.72. The monoisotopic (exact) mass is 397 g/mol. The molecule has 0 aliphatic heterocycles. The van der Waals surface area contributed by atoms with Crippen molar-refractivity contribution in [2.24, 2.45) is 5.92 Å². The summed E-state index contributed by atoms with van der Waals surface area (Å²) in [6.45, 7) is 6.32. The number of carbonyl (C=O) groups excluding carboxylic acids is 1. The Hall–Kier alpha value is -2.66. The lowest BCUT2D eigenvalue weighted by Crippen LogP contribution is -2.13. The van der Waals surface area contributed by atoms with Crippen LogP contribution >= 0.6 is 11.6 Å². The van der Waals surface area contributed by atoms with Crippen LogP contribution in [0.2, 0.25) is 5.02 Å². The summed E-state index contributed by atoms with van der Waals surface area (Å²) in [6.07, 6.45) is 2.77. The summed E-state index contributed by atoms with van der Waals surface area (Å²) in [5, 5.41) is 8.78. The molecule has 1 aromatic heterocycles. The number of hydrogen-bond acceptors (Lipinski definition) is 4. The Bertz CT molecular complexity index is 918. The highest BCUT2D eigenvalue weighted by molar-refractivity contribution is 6.30. The fraction of sp³-hybridized carbons (Fsp3) is 0.318. The third kappa shape index (κ3) is 5.20. The molecule has 0 aliphatic rings. The first kappa shape index (κ1) is 20.1. The van der Waals surface area contributed by atoms with Gasteiger partial charge in [0.15, 0.2) is 0 Å². The SMILES string of the molecule is CC(C)Cc1ccc(C(C)C(=O)OCc2cn(-c3ccc(Cl)cc3)nn2)cc1. The molecule has 0 spiro atoms. The predicted molar refractivity (Wildman–Crippen MR) is 110 cm³/mol. The summed E-state index contributed by atoms with van der Waals surface area (Å²) in [4.78, 5) is 12.4. The largest absolute Gasteiger partial charge is 0.459 e. The van der Waals surface area contributed by atoms with Crippen LogP contribution < -0.4 is 0 Å². The van der Waals surface area contributed by atoms with Crippen molar-refractivity contribution in [1.29, 1.82) is 0 Å². The highest BCUT2D eigenvalue weighted by Gasteiger charge is 2.17. The second-order valence-corrected chi connectivity index (χ2v) is 7.74. The molecular formula is C22H24ClN3O2. The number of esters is 1. The Morgan fingerprint density at radius 1 is 1.07 bits per heavy atom. The number of halogens is 1. The molecule has 0 N–H and O–H groups in total. The van der Waals surface area contributed by atoms with E-state index in [1.165, 1.54) is 5.56 Å². The van der Waals surface area contributed by atoms with Crippen molar-refractivity contribution in [3.8, 4) is 5.69 Å². The first-order valence-electron chi connectivity index (χ1n) is 9.35. The van der Waals surface area contributed by atoms with E-state index >= 15 is 0 Å². The average molecular weight is 398 g/mol. The maximum Gasteiger partial charge on any atom is 0.313 e. The Kier molecular flexibility index (Phi) is 6.47. The Morgan fingerprint density at radius 2 is 1.75 bits per heavy atom. The number of ether oxygens (including phenoxy) is 1. The summed E-state index contributed by atoms with van der Waals surface area (Å²) in [6, 6.07) is 15.4. The number of carbonyl (C=O) groups is 1. The van der Waals surface area contributed by atoms with Gasteiger partial charge in [-0.1, -0.05) is 54.9 Å². The lowest BCUT2D eigenvalue weighted by atomic mass is 9.97. The maximum atomic E-state index is 12.4. The van der Waals surface area contributed by atoms with Gasteiger partial charge in [0.05, 0.1) is 17.8 Å². The molecule has 0 bridgehead atoms. The van der Waals surface area contributed by atoms with Crippen molar-refractivity contribution in [3.63, 3.8) is 0 Å². The number of nitrogens with zero attached hydrogens (tertiary/aromatic N) is 3. The van der Waals surface area contributed by atoms with Crippen LogP contribution in [0, 0.1) is 5.92 Å². The van der Waals surface area contributed by atoms with E-state index in [1.807, 2.05) is 31.2 Å². The van der Waals surface area contributed by atoms with Crippen LogP contribution in [0.3, 0.4) is 0 Å². The third-order valence-electron chi connectivity index (χ3n) is 4.47. The first-order valence-corrected chi connectivity index (χ1v) is 9.73.